The van der Waals surface area contributed by atoms with E-state index in [-0.39, 0.29) is 11.8 Å². The van der Waals surface area contributed by atoms with E-state index in [4.69, 9.17) is 0 Å². The van der Waals surface area contributed by atoms with Gasteiger partial charge in [-0.25, -0.2) is 0 Å². The summed E-state index contributed by atoms with van der Waals surface area (Å²) in [4.78, 5) is 28.0. The van der Waals surface area contributed by atoms with Gasteiger partial charge in [0.25, 0.3) is 5.91 Å². The number of carbonyl (C=O) groups is 2. The number of amides is 2. The van der Waals surface area contributed by atoms with Crippen molar-refractivity contribution in [3.63, 3.8) is 0 Å². The minimum Gasteiger partial charge on any atom is -0.340 e. The van der Waals surface area contributed by atoms with Gasteiger partial charge in [0.05, 0.1) is 0 Å². The molecular formula is C27H30N2O2S2. The summed E-state index contributed by atoms with van der Waals surface area (Å²) in [7, 11) is 0. The van der Waals surface area contributed by atoms with E-state index < -0.39 is 6.04 Å². The molecule has 0 spiro atoms. The number of rotatable bonds is 9. The van der Waals surface area contributed by atoms with E-state index in [0.29, 0.717) is 17.7 Å². The molecular weight excluding hydrogens is 448 g/mol. The van der Waals surface area contributed by atoms with Gasteiger partial charge >= 0.3 is 0 Å². The van der Waals surface area contributed by atoms with Crippen LogP contribution >= 0.6 is 23.5 Å². The average Bonchev–Trinajstić information content (AvgIpc) is 2.80. The van der Waals surface area contributed by atoms with Crippen molar-refractivity contribution in [2.75, 3.05) is 17.3 Å². The molecule has 4 nitrogen and oxygen atoms in total. The van der Waals surface area contributed by atoms with Gasteiger partial charge in [-0.05, 0) is 98.4 Å². The Bertz CT molecular complexity index is 1110. The maximum absolute atomic E-state index is 13.0. The molecule has 0 saturated heterocycles. The Balaban J connectivity index is 1.65. The molecule has 3 aromatic rings. The molecule has 1 unspecified atom stereocenters. The standard InChI is InChI=1S/C27H30N2O2S2/c1-18-9-12-23(17-20(18)3)33-22-13-10-21(11-14-22)28-27(31)25(15-16-32-4)29-26(30)24-8-6-5-7-19(24)2/h5-14,17,25H,15-16H2,1-4H3,(H,28,31)(H,29,30). The topological polar surface area (TPSA) is 58.2 Å². The monoisotopic (exact) mass is 478 g/mol. The van der Waals surface area contributed by atoms with Gasteiger partial charge in [-0.3, -0.25) is 9.59 Å². The van der Waals surface area contributed by atoms with Gasteiger partial charge in [-0.15, -0.1) is 0 Å². The quantitative estimate of drug-likeness (QED) is 0.381. The lowest BCUT2D eigenvalue weighted by atomic mass is 10.1. The van der Waals surface area contributed by atoms with Crippen LogP contribution in [0.15, 0.2) is 76.5 Å². The molecule has 2 amide bonds. The SMILES string of the molecule is CSCCC(NC(=O)c1ccccc1C)C(=O)Nc1ccc(Sc2ccc(C)c(C)c2)cc1. The summed E-state index contributed by atoms with van der Waals surface area (Å²) in [6.45, 7) is 6.11. The second kappa shape index (κ2) is 12.0. The minimum absolute atomic E-state index is 0.208. The summed E-state index contributed by atoms with van der Waals surface area (Å²) >= 11 is 3.34. The van der Waals surface area contributed by atoms with Gasteiger partial charge in [-0.2, -0.15) is 11.8 Å². The largest absolute Gasteiger partial charge is 0.340 e. The first-order chi connectivity index (χ1) is 15.9. The molecule has 3 rings (SSSR count). The van der Waals surface area contributed by atoms with E-state index in [0.717, 1.165) is 16.2 Å². The summed E-state index contributed by atoms with van der Waals surface area (Å²) in [5.41, 5.74) is 4.74. The van der Waals surface area contributed by atoms with Gasteiger partial charge in [0, 0.05) is 21.0 Å². The molecule has 3 aromatic carbocycles. The zero-order chi connectivity index (χ0) is 23.8. The molecule has 1 atom stereocenters. The highest BCUT2D eigenvalue weighted by Crippen LogP contribution is 2.30. The average molecular weight is 479 g/mol. The number of aryl methyl sites for hydroxylation is 3. The molecule has 0 fully saturated rings. The highest BCUT2D eigenvalue weighted by atomic mass is 32.2. The van der Waals surface area contributed by atoms with Crippen molar-refractivity contribution >= 4 is 41.0 Å². The molecule has 0 radical (unpaired) electrons. The Morgan fingerprint density at radius 3 is 2.21 bits per heavy atom. The van der Waals surface area contributed by atoms with Crippen molar-refractivity contribution < 1.29 is 9.59 Å². The van der Waals surface area contributed by atoms with Crippen molar-refractivity contribution in [2.45, 2.75) is 43.0 Å². The summed E-state index contributed by atoms with van der Waals surface area (Å²) in [5, 5.41) is 5.87. The van der Waals surface area contributed by atoms with Crippen LogP contribution in [0.3, 0.4) is 0 Å². The lowest BCUT2D eigenvalue weighted by Crippen LogP contribution is -2.44. The van der Waals surface area contributed by atoms with Crippen molar-refractivity contribution in [3.05, 3.63) is 89.0 Å². The summed E-state index contributed by atoms with van der Waals surface area (Å²) in [6, 6.07) is 21.0. The first kappa shape index (κ1) is 24.9. The summed E-state index contributed by atoms with van der Waals surface area (Å²) in [6.07, 6.45) is 2.55. The molecule has 0 aromatic heterocycles. The highest BCUT2D eigenvalue weighted by molar-refractivity contribution is 7.99. The Kier molecular flexibility index (Phi) is 9.03. The predicted molar refractivity (Wildman–Crippen MR) is 141 cm³/mol. The third-order valence-corrected chi connectivity index (χ3v) is 7.10. The molecule has 172 valence electrons. The molecule has 2 N–H and O–H groups in total. The minimum atomic E-state index is -0.603. The first-order valence-corrected chi connectivity index (χ1v) is 13.1. The van der Waals surface area contributed by atoms with Crippen LogP contribution in [0.25, 0.3) is 0 Å². The van der Waals surface area contributed by atoms with E-state index in [1.165, 1.54) is 16.0 Å². The van der Waals surface area contributed by atoms with Crippen LogP contribution in [0.5, 0.6) is 0 Å². The smallest absolute Gasteiger partial charge is 0.252 e. The van der Waals surface area contributed by atoms with Crippen LogP contribution < -0.4 is 10.6 Å². The van der Waals surface area contributed by atoms with E-state index in [1.54, 1.807) is 29.6 Å². The van der Waals surface area contributed by atoms with Gasteiger partial charge in [0.2, 0.25) is 5.91 Å². The Labute approximate surface area is 204 Å². The van der Waals surface area contributed by atoms with Crippen molar-refractivity contribution in [1.29, 1.82) is 0 Å². The Morgan fingerprint density at radius 1 is 0.848 bits per heavy atom. The van der Waals surface area contributed by atoms with Crippen LogP contribution in [0.2, 0.25) is 0 Å². The summed E-state index contributed by atoms with van der Waals surface area (Å²) < 4.78 is 0. The molecule has 33 heavy (non-hydrogen) atoms. The second-order valence-electron chi connectivity index (χ2n) is 7.98. The predicted octanol–water partition coefficient (Wildman–Crippen LogP) is 6.25. The first-order valence-electron chi connectivity index (χ1n) is 10.9. The van der Waals surface area contributed by atoms with Gasteiger partial charge < -0.3 is 10.6 Å². The van der Waals surface area contributed by atoms with Crippen LogP contribution in [-0.4, -0.2) is 29.9 Å². The lowest BCUT2D eigenvalue weighted by Gasteiger charge is -2.19. The fourth-order valence-corrected chi connectivity index (χ4v) is 4.70. The maximum atomic E-state index is 13.0. The molecule has 0 aliphatic carbocycles. The molecule has 6 heteroatoms. The van der Waals surface area contributed by atoms with Crippen molar-refractivity contribution in [1.82, 2.24) is 5.32 Å². The molecule has 0 aliphatic heterocycles. The van der Waals surface area contributed by atoms with Crippen LogP contribution in [0.4, 0.5) is 5.69 Å². The molecule has 0 saturated carbocycles. The number of hydrogen-bond acceptors (Lipinski definition) is 4. The number of carbonyl (C=O) groups excluding carboxylic acids is 2. The number of nitrogens with one attached hydrogen (secondary N) is 2. The number of anilines is 1. The number of hydrogen-bond donors (Lipinski definition) is 2. The normalized spacial score (nSPS) is 11.6. The fourth-order valence-electron chi connectivity index (χ4n) is 3.32. The molecule has 0 heterocycles. The zero-order valence-corrected chi connectivity index (χ0v) is 21.1. The highest BCUT2D eigenvalue weighted by Gasteiger charge is 2.22. The Hall–Kier alpha value is -2.70. The third kappa shape index (κ3) is 7.14. The van der Waals surface area contributed by atoms with E-state index >= 15 is 0 Å². The number of benzene rings is 3. The molecule has 0 bridgehead atoms. The summed E-state index contributed by atoms with van der Waals surface area (Å²) in [5.74, 6) is 0.340. The van der Waals surface area contributed by atoms with Gasteiger partial charge in [0.15, 0.2) is 0 Å². The van der Waals surface area contributed by atoms with E-state index in [9.17, 15) is 9.59 Å². The van der Waals surface area contributed by atoms with Crippen LogP contribution in [-0.2, 0) is 4.79 Å². The van der Waals surface area contributed by atoms with E-state index in [1.807, 2.05) is 55.6 Å². The van der Waals surface area contributed by atoms with Gasteiger partial charge in [0.1, 0.15) is 6.04 Å². The van der Waals surface area contributed by atoms with Crippen LogP contribution in [0.1, 0.15) is 33.5 Å². The maximum Gasteiger partial charge on any atom is 0.252 e. The van der Waals surface area contributed by atoms with Crippen LogP contribution in [0, 0.1) is 20.8 Å². The van der Waals surface area contributed by atoms with Crippen molar-refractivity contribution in [3.8, 4) is 0 Å². The lowest BCUT2D eigenvalue weighted by molar-refractivity contribution is -0.118. The zero-order valence-electron chi connectivity index (χ0n) is 19.5. The van der Waals surface area contributed by atoms with Gasteiger partial charge in [-0.1, -0.05) is 36.0 Å². The molecule has 0 aliphatic rings. The van der Waals surface area contributed by atoms with Crippen molar-refractivity contribution in [2.24, 2.45) is 0 Å². The third-order valence-electron chi connectivity index (χ3n) is 5.46. The fraction of sp³-hybridized carbons (Fsp3) is 0.259. The second-order valence-corrected chi connectivity index (χ2v) is 10.1. The number of thioether (sulfide) groups is 1. The van der Waals surface area contributed by atoms with E-state index in [2.05, 4.69) is 42.7 Å². The Morgan fingerprint density at radius 2 is 1.55 bits per heavy atom.